The standard InChI is InChI=1S/C17H19NO/c1-2-3-13-19-17(14-18)11-9-16(10-12-17)15-7-5-4-6-8-15/h4-11H,2-3,12-13H2,1H3. The fraction of sp³-hybridized carbons (Fsp3) is 0.353. The summed E-state index contributed by atoms with van der Waals surface area (Å²) < 4.78 is 5.75. The lowest BCUT2D eigenvalue weighted by Crippen LogP contribution is -2.29. The quantitative estimate of drug-likeness (QED) is 0.740. The number of nitrogens with zero attached hydrogens (tertiary/aromatic N) is 1. The Kier molecular flexibility index (Phi) is 4.54. The highest BCUT2D eigenvalue weighted by Gasteiger charge is 2.28. The normalized spacial score (nSPS) is 21.8. The van der Waals surface area contributed by atoms with Gasteiger partial charge in [-0.15, -0.1) is 0 Å². The van der Waals surface area contributed by atoms with E-state index in [2.05, 4.69) is 31.2 Å². The Labute approximate surface area is 115 Å². The van der Waals surface area contributed by atoms with Gasteiger partial charge in [-0.1, -0.05) is 55.8 Å². The maximum Gasteiger partial charge on any atom is 0.176 e. The molecule has 1 aromatic carbocycles. The Hall–Kier alpha value is -1.85. The SMILES string of the molecule is CCCCOC1(C#N)C=CC(c2ccccc2)=CC1. The van der Waals surface area contributed by atoms with E-state index < -0.39 is 5.60 Å². The van der Waals surface area contributed by atoms with E-state index in [1.165, 1.54) is 5.56 Å². The zero-order valence-corrected chi connectivity index (χ0v) is 11.3. The number of nitriles is 1. The van der Waals surface area contributed by atoms with Crippen LogP contribution < -0.4 is 0 Å². The van der Waals surface area contributed by atoms with Crippen molar-refractivity contribution >= 4 is 5.57 Å². The van der Waals surface area contributed by atoms with Crippen LogP contribution in [0.2, 0.25) is 0 Å². The molecule has 1 aromatic rings. The Morgan fingerprint density at radius 1 is 1.32 bits per heavy atom. The Bertz CT molecular complexity index is 510. The van der Waals surface area contributed by atoms with Crippen molar-refractivity contribution in [3.8, 4) is 6.07 Å². The van der Waals surface area contributed by atoms with Crippen LogP contribution in [0.25, 0.3) is 5.57 Å². The number of hydrogen-bond donors (Lipinski definition) is 0. The van der Waals surface area contributed by atoms with Gasteiger partial charge < -0.3 is 4.74 Å². The first kappa shape index (κ1) is 13.6. The number of benzene rings is 1. The minimum Gasteiger partial charge on any atom is -0.356 e. The predicted octanol–water partition coefficient (Wildman–Crippen LogP) is 4.11. The van der Waals surface area contributed by atoms with Gasteiger partial charge in [-0.3, -0.25) is 0 Å². The molecule has 19 heavy (non-hydrogen) atoms. The van der Waals surface area contributed by atoms with Crippen molar-refractivity contribution in [1.29, 1.82) is 5.26 Å². The van der Waals surface area contributed by atoms with E-state index in [0.717, 1.165) is 18.4 Å². The molecule has 0 bridgehead atoms. The van der Waals surface area contributed by atoms with Gasteiger partial charge in [0.2, 0.25) is 0 Å². The first-order chi connectivity index (χ1) is 9.29. The third-order valence-electron chi connectivity index (χ3n) is 3.31. The van der Waals surface area contributed by atoms with Gasteiger partial charge in [-0.05, 0) is 23.6 Å². The van der Waals surface area contributed by atoms with Crippen LogP contribution in [0.15, 0.2) is 48.6 Å². The zero-order chi connectivity index (χ0) is 13.6. The van der Waals surface area contributed by atoms with Crippen LogP contribution in [0.5, 0.6) is 0 Å². The van der Waals surface area contributed by atoms with Gasteiger partial charge in [0.15, 0.2) is 5.60 Å². The molecule has 1 aliphatic carbocycles. The van der Waals surface area contributed by atoms with E-state index in [-0.39, 0.29) is 0 Å². The smallest absolute Gasteiger partial charge is 0.176 e. The van der Waals surface area contributed by atoms with Crippen LogP contribution in [0.4, 0.5) is 0 Å². The third-order valence-corrected chi connectivity index (χ3v) is 3.31. The molecule has 0 amide bonds. The highest BCUT2D eigenvalue weighted by Crippen LogP contribution is 2.29. The first-order valence-corrected chi connectivity index (χ1v) is 6.80. The van der Waals surface area contributed by atoms with Gasteiger partial charge >= 0.3 is 0 Å². The summed E-state index contributed by atoms with van der Waals surface area (Å²) in [6, 6.07) is 12.5. The van der Waals surface area contributed by atoms with Crippen molar-refractivity contribution in [3.05, 3.63) is 54.1 Å². The molecule has 2 nitrogen and oxygen atoms in total. The topological polar surface area (TPSA) is 33.0 Å². The van der Waals surface area contributed by atoms with E-state index in [0.29, 0.717) is 13.0 Å². The fourth-order valence-corrected chi connectivity index (χ4v) is 2.09. The second kappa shape index (κ2) is 6.36. The summed E-state index contributed by atoms with van der Waals surface area (Å²) in [4.78, 5) is 0. The van der Waals surface area contributed by atoms with Gasteiger partial charge in [0.05, 0.1) is 0 Å². The Morgan fingerprint density at radius 2 is 2.11 bits per heavy atom. The van der Waals surface area contributed by atoms with E-state index in [1.807, 2.05) is 30.4 Å². The van der Waals surface area contributed by atoms with Crippen LogP contribution in [0.3, 0.4) is 0 Å². The molecule has 0 radical (unpaired) electrons. The molecule has 1 atom stereocenters. The molecule has 0 spiro atoms. The Morgan fingerprint density at radius 3 is 2.68 bits per heavy atom. The number of allylic oxidation sites excluding steroid dienone is 2. The number of ether oxygens (including phenoxy) is 1. The second-order valence-electron chi connectivity index (χ2n) is 4.77. The molecule has 98 valence electrons. The maximum absolute atomic E-state index is 9.34. The van der Waals surface area contributed by atoms with Gasteiger partial charge in [-0.25, -0.2) is 0 Å². The molecule has 0 heterocycles. The highest BCUT2D eigenvalue weighted by molar-refractivity contribution is 5.75. The molecule has 1 aliphatic rings. The molecular formula is C17H19NO. The fourth-order valence-electron chi connectivity index (χ4n) is 2.09. The molecule has 0 saturated carbocycles. The highest BCUT2D eigenvalue weighted by atomic mass is 16.5. The van der Waals surface area contributed by atoms with E-state index in [4.69, 9.17) is 4.74 Å². The monoisotopic (exact) mass is 253 g/mol. The minimum atomic E-state index is -0.770. The van der Waals surface area contributed by atoms with Crippen LogP contribution in [0, 0.1) is 11.3 Å². The minimum absolute atomic E-state index is 0.619. The van der Waals surface area contributed by atoms with Gasteiger partial charge in [0.25, 0.3) is 0 Å². The summed E-state index contributed by atoms with van der Waals surface area (Å²) in [5.74, 6) is 0. The number of unbranched alkanes of at least 4 members (excludes halogenated alkanes) is 1. The molecule has 0 fully saturated rings. The third kappa shape index (κ3) is 3.33. The van der Waals surface area contributed by atoms with Gasteiger partial charge in [0.1, 0.15) is 6.07 Å². The second-order valence-corrected chi connectivity index (χ2v) is 4.77. The number of hydrogen-bond acceptors (Lipinski definition) is 2. The molecule has 0 aliphatic heterocycles. The van der Waals surface area contributed by atoms with Crippen molar-refractivity contribution in [2.45, 2.75) is 31.8 Å². The summed E-state index contributed by atoms with van der Waals surface area (Å²) >= 11 is 0. The van der Waals surface area contributed by atoms with Gasteiger partial charge in [-0.2, -0.15) is 5.26 Å². The summed E-state index contributed by atoms with van der Waals surface area (Å²) in [7, 11) is 0. The summed E-state index contributed by atoms with van der Waals surface area (Å²) in [6.07, 6.45) is 8.67. The predicted molar refractivity (Wildman–Crippen MR) is 77.4 cm³/mol. The molecule has 0 aromatic heterocycles. The van der Waals surface area contributed by atoms with Crippen molar-refractivity contribution in [2.75, 3.05) is 6.61 Å². The summed E-state index contributed by atoms with van der Waals surface area (Å²) in [6.45, 7) is 2.76. The lowest BCUT2D eigenvalue weighted by Gasteiger charge is -2.25. The van der Waals surface area contributed by atoms with Gasteiger partial charge in [0, 0.05) is 13.0 Å². The zero-order valence-electron chi connectivity index (χ0n) is 11.3. The molecule has 1 unspecified atom stereocenters. The van der Waals surface area contributed by atoms with Crippen molar-refractivity contribution in [1.82, 2.24) is 0 Å². The summed E-state index contributed by atoms with van der Waals surface area (Å²) in [5.41, 5.74) is 1.57. The van der Waals surface area contributed by atoms with Crippen molar-refractivity contribution < 1.29 is 4.74 Å². The Balaban J connectivity index is 2.06. The van der Waals surface area contributed by atoms with Crippen LogP contribution in [0.1, 0.15) is 31.7 Å². The van der Waals surface area contributed by atoms with E-state index in [1.54, 1.807) is 0 Å². The average molecular weight is 253 g/mol. The molecule has 2 heteroatoms. The lowest BCUT2D eigenvalue weighted by molar-refractivity contribution is 0.0331. The van der Waals surface area contributed by atoms with Crippen LogP contribution in [-0.4, -0.2) is 12.2 Å². The number of rotatable bonds is 5. The van der Waals surface area contributed by atoms with E-state index in [9.17, 15) is 5.26 Å². The molecule has 0 N–H and O–H groups in total. The average Bonchev–Trinajstić information content (AvgIpc) is 2.49. The molecule has 2 rings (SSSR count). The molecular weight excluding hydrogens is 234 g/mol. The van der Waals surface area contributed by atoms with Crippen molar-refractivity contribution in [3.63, 3.8) is 0 Å². The van der Waals surface area contributed by atoms with Crippen LogP contribution >= 0.6 is 0 Å². The molecule has 0 saturated heterocycles. The lowest BCUT2D eigenvalue weighted by atomic mass is 9.90. The van der Waals surface area contributed by atoms with Crippen LogP contribution in [-0.2, 0) is 4.74 Å². The largest absolute Gasteiger partial charge is 0.356 e. The summed E-state index contributed by atoms with van der Waals surface area (Å²) in [5, 5.41) is 9.34. The van der Waals surface area contributed by atoms with Crippen molar-refractivity contribution in [2.24, 2.45) is 0 Å². The first-order valence-electron chi connectivity index (χ1n) is 6.80. The maximum atomic E-state index is 9.34. The van der Waals surface area contributed by atoms with E-state index >= 15 is 0 Å².